The number of aryl methyl sites for hydroxylation is 1. The summed E-state index contributed by atoms with van der Waals surface area (Å²) in [6, 6.07) is 22.9. The molecule has 4 heteroatoms. The van der Waals surface area contributed by atoms with Crippen molar-refractivity contribution < 1.29 is 9.53 Å². The Kier molecular flexibility index (Phi) is 6.34. The quantitative estimate of drug-likeness (QED) is 0.414. The third-order valence-corrected chi connectivity index (χ3v) is 6.06. The van der Waals surface area contributed by atoms with E-state index in [0.717, 1.165) is 16.5 Å². The molecule has 0 fully saturated rings. The van der Waals surface area contributed by atoms with Crippen LogP contribution in [0.2, 0.25) is 0 Å². The van der Waals surface area contributed by atoms with Crippen LogP contribution in [0.5, 0.6) is 0 Å². The first-order chi connectivity index (χ1) is 14.6. The number of carbonyl (C=O) groups excluding carboxylic acids is 1. The van der Waals surface area contributed by atoms with Gasteiger partial charge in [0.1, 0.15) is 6.61 Å². The van der Waals surface area contributed by atoms with Gasteiger partial charge in [-0.25, -0.2) is 4.79 Å². The molecular formula is C26H24BrNO2. The van der Waals surface area contributed by atoms with Crippen molar-refractivity contribution in [2.75, 3.05) is 13.2 Å². The van der Waals surface area contributed by atoms with Crippen LogP contribution >= 0.6 is 15.9 Å². The number of carbonyl (C=O) groups is 1. The molecule has 1 aliphatic carbocycles. The molecule has 0 spiro atoms. The third-order valence-electron chi connectivity index (χ3n) is 5.38. The van der Waals surface area contributed by atoms with Crippen molar-refractivity contribution in [1.82, 2.24) is 5.32 Å². The summed E-state index contributed by atoms with van der Waals surface area (Å²) < 4.78 is 6.63. The van der Waals surface area contributed by atoms with Crippen LogP contribution in [0.25, 0.3) is 17.2 Å². The van der Waals surface area contributed by atoms with E-state index in [1.54, 1.807) is 0 Å². The Labute approximate surface area is 185 Å². The van der Waals surface area contributed by atoms with Gasteiger partial charge in [-0.1, -0.05) is 88.7 Å². The van der Waals surface area contributed by atoms with Crippen molar-refractivity contribution in [3.63, 3.8) is 0 Å². The fraction of sp³-hybridized carbons (Fsp3) is 0.192. The lowest BCUT2D eigenvalue weighted by Crippen LogP contribution is -2.26. The zero-order chi connectivity index (χ0) is 20.9. The molecule has 0 aromatic heterocycles. The highest BCUT2D eigenvalue weighted by molar-refractivity contribution is 9.10. The zero-order valence-electron chi connectivity index (χ0n) is 16.9. The maximum atomic E-state index is 12.2. The van der Waals surface area contributed by atoms with E-state index in [4.69, 9.17) is 4.74 Å². The minimum Gasteiger partial charge on any atom is -0.449 e. The molecule has 4 rings (SSSR count). The van der Waals surface area contributed by atoms with Crippen LogP contribution in [0, 0.1) is 6.92 Å². The summed E-state index contributed by atoms with van der Waals surface area (Å²) in [7, 11) is 0. The molecule has 0 bridgehead atoms. The lowest BCUT2D eigenvalue weighted by atomic mass is 9.98. The predicted octanol–water partition coefficient (Wildman–Crippen LogP) is 6.70. The molecule has 0 radical (unpaired) electrons. The fourth-order valence-corrected chi connectivity index (χ4v) is 4.51. The first kappa shape index (κ1) is 20.4. The average Bonchev–Trinajstić information content (AvgIpc) is 3.07. The lowest BCUT2D eigenvalue weighted by Gasteiger charge is -2.14. The van der Waals surface area contributed by atoms with E-state index >= 15 is 0 Å². The van der Waals surface area contributed by atoms with E-state index in [0.29, 0.717) is 13.2 Å². The number of benzene rings is 3. The SMILES string of the molecule is Cc1ccc(C=CCCNC(=O)OCC2c3ccccc3-c3ccccc32)c(Br)c1. The van der Waals surface area contributed by atoms with Gasteiger partial charge in [0.25, 0.3) is 0 Å². The van der Waals surface area contributed by atoms with E-state index in [1.807, 2.05) is 24.3 Å². The van der Waals surface area contributed by atoms with Gasteiger partial charge in [-0.15, -0.1) is 0 Å². The molecule has 1 amide bonds. The number of rotatable bonds is 6. The van der Waals surface area contributed by atoms with E-state index in [2.05, 4.69) is 82.8 Å². The first-order valence-electron chi connectivity index (χ1n) is 10.1. The summed E-state index contributed by atoms with van der Waals surface area (Å²) in [5, 5.41) is 2.84. The number of hydrogen-bond donors (Lipinski definition) is 1. The Morgan fingerprint density at radius 2 is 1.70 bits per heavy atom. The Bertz CT molecular complexity index is 1040. The van der Waals surface area contributed by atoms with Gasteiger partial charge in [0.05, 0.1) is 0 Å². The van der Waals surface area contributed by atoms with Crippen molar-refractivity contribution >= 4 is 28.1 Å². The number of halogens is 1. The Hall–Kier alpha value is -2.85. The van der Waals surface area contributed by atoms with Gasteiger partial charge in [-0.05, 0) is 52.8 Å². The van der Waals surface area contributed by atoms with Crippen LogP contribution in [-0.4, -0.2) is 19.2 Å². The molecule has 3 aromatic carbocycles. The van der Waals surface area contributed by atoms with E-state index < -0.39 is 0 Å². The van der Waals surface area contributed by atoms with Gasteiger partial charge in [0, 0.05) is 16.9 Å². The maximum absolute atomic E-state index is 12.2. The summed E-state index contributed by atoms with van der Waals surface area (Å²) >= 11 is 3.57. The minimum atomic E-state index is -0.373. The second-order valence-corrected chi connectivity index (χ2v) is 8.32. The van der Waals surface area contributed by atoms with Crippen molar-refractivity contribution in [1.29, 1.82) is 0 Å². The first-order valence-corrected chi connectivity index (χ1v) is 10.9. The summed E-state index contributed by atoms with van der Waals surface area (Å²) in [4.78, 5) is 12.2. The minimum absolute atomic E-state index is 0.0851. The molecule has 152 valence electrons. The van der Waals surface area contributed by atoms with E-state index in [1.165, 1.54) is 27.8 Å². The summed E-state index contributed by atoms with van der Waals surface area (Å²) in [6.07, 6.45) is 4.48. The molecule has 3 nitrogen and oxygen atoms in total. The van der Waals surface area contributed by atoms with Crippen molar-refractivity contribution in [2.24, 2.45) is 0 Å². The smallest absolute Gasteiger partial charge is 0.407 e. The number of nitrogens with one attached hydrogen (secondary N) is 1. The van der Waals surface area contributed by atoms with E-state index in [-0.39, 0.29) is 12.0 Å². The lowest BCUT2D eigenvalue weighted by molar-refractivity contribution is 0.143. The van der Waals surface area contributed by atoms with Crippen LogP contribution in [0.1, 0.15) is 34.6 Å². The normalized spacial score (nSPS) is 12.6. The molecule has 30 heavy (non-hydrogen) atoms. The van der Waals surface area contributed by atoms with Crippen LogP contribution in [-0.2, 0) is 4.74 Å². The van der Waals surface area contributed by atoms with Crippen LogP contribution in [0.3, 0.4) is 0 Å². The molecule has 1 N–H and O–H groups in total. The van der Waals surface area contributed by atoms with Crippen LogP contribution in [0.15, 0.2) is 77.3 Å². The highest BCUT2D eigenvalue weighted by Gasteiger charge is 2.28. The van der Waals surface area contributed by atoms with E-state index in [9.17, 15) is 4.79 Å². The summed E-state index contributed by atoms with van der Waals surface area (Å²) in [5.41, 5.74) is 7.25. The molecule has 0 saturated carbocycles. The molecule has 0 heterocycles. The fourth-order valence-electron chi connectivity index (χ4n) is 3.88. The van der Waals surface area contributed by atoms with Gasteiger partial charge in [0.15, 0.2) is 0 Å². The van der Waals surface area contributed by atoms with Gasteiger partial charge in [0.2, 0.25) is 0 Å². The largest absolute Gasteiger partial charge is 0.449 e. The van der Waals surface area contributed by atoms with Gasteiger partial charge in [-0.3, -0.25) is 0 Å². The molecule has 0 saturated heterocycles. The van der Waals surface area contributed by atoms with Crippen molar-refractivity contribution in [3.05, 3.63) is 99.5 Å². The Morgan fingerprint density at radius 1 is 1.03 bits per heavy atom. The molecule has 3 aromatic rings. The predicted molar refractivity (Wildman–Crippen MR) is 126 cm³/mol. The number of fused-ring (bicyclic) bond motifs is 3. The highest BCUT2D eigenvalue weighted by atomic mass is 79.9. The zero-order valence-corrected chi connectivity index (χ0v) is 18.5. The number of amides is 1. The van der Waals surface area contributed by atoms with Crippen molar-refractivity contribution in [2.45, 2.75) is 19.3 Å². The van der Waals surface area contributed by atoms with Crippen LogP contribution < -0.4 is 5.32 Å². The molecule has 1 aliphatic rings. The molecule has 0 unspecified atom stereocenters. The third kappa shape index (κ3) is 4.49. The van der Waals surface area contributed by atoms with Crippen LogP contribution in [0.4, 0.5) is 4.79 Å². The average molecular weight is 462 g/mol. The van der Waals surface area contributed by atoms with Gasteiger partial charge in [-0.2, -0.15) is 0 Å². The van der Waals surface area contributed by atoms with Crippen molar-refractivity contribution in [3.8, 4) is 11.1 Å². The standard InChI is InChI=1S/C26H24BrNO2/c1-18-13-14-19(25(27)16-18)8-6-7-15-28-26(29)30-17-24-22-11-4-2-9-20(22)21-10-3-5-12-23(21)24/h2-6,8-14,16,24H,7,15,17H2,1H3,(H,28,29). The summed E-state index contributed by atoms with van der Waals surface area (Å²) in [5.74, 6) is 0.0851. The Balaban J connectivity index is 1.28. The second-order valence-electron chi connectivity index (χ2n) is 7.47. The highest BCUT2D eigenvalue weighted by Crippen LogP contribution is 2.44. The number of hydrogen-bond acceptors (Lipinski definition) is 2. The summed E-state index contributed by atoms with van der Waals surface area (Å²) in [6.45, 7) is 2.94. The Morgan fingerprint density at radius 3 is 2.37 bits per heavy atom. The number of ether oxygens (including phenoxy) is 1. The second kappa shape index (κ2) is 9.31. The molecule has 0 aliphatic heterocycles. The number of alkyl carbamates (subject to hydrolysis) is 1. The monoisotopic (exact) mass is 461 g/mol. The maximum Gasteiger partial charge on any atom is 0.407 e. The topological polar surface area (TPSA) is 38.3 Å². The molecule has 0 atom stereocenters. The van der Waals surface area contributed by atoms with Gasteiger partial charge < -0.3 is 10.1 Å². The molecular weight excluding hydrogens is 438 g/mol. The van der Waals surface area contributed by atoms with Gasteiger partial charge >= 0.3 is 6.09 Å².